The van der Waals surface area contributed by atoms with Crippen LogP contribution in [-0.4, -0.2) is 36.2 Å². The van der Waals surface area contributed by atoms with Crippen LogP contribution in [0.3, 0.4) is 0 Å². The predicted octanol–water partition coefficient (Wildman–Crippen LogP) is -1.75. The Morgan fingerprint density at radius 2 is 2.18 bits per heavy atom. The van der Waals surface area contributed by atoms with E-state index in [-0.39, 0.29) is 6.42 Å². The van der Waals surface area contributed by atoms with E-state index in [0.29, 0.717) is 12.6 Å². The van der Waals surface area contributed by atoms with Gasteiger partial charge in [0.05, 0.1) is 6.04 Å². The molecule has 0 radical (unpaired) electrons. The minimum Gasteiger partial charge on any atom is -0.387 e. The standard InChI is InChI=1S/C6H9NO4/c8-2-1-5(3-9)7-6(11)4-10/h2-3,5,10H,1,4H2,(H,7,11). The van der Waals surface area contributed by atoms with Gasteiger partial charge in [-0.05, 0) is 0 Å². The molecule has 0 saturated carbocycles. The molecule has 11 heavy (non-hydrogen) atoms. The van der Waals surface area contributed by atoms with Crippen LogP contribution in [-0.2, 0) is 14.4 Å². The van der Waals surface area contributed by atoms with Gasteiger partial charge in [-0.1, -0.05) is 0 Å². The topological polar surface area (TPSA) is 83.5 Å². The second-order valence-electron chi connectivity index (χ2n) is 1.87. The summed E-state index contributed by atoms with van der Waals surface area (Å²) in [4.78, 5) is 30.4. The summed E-state index contributed by atoms with van der Waals surface area (Å²) in [6.45, 7) is -0.677. The van der Waals surface area contributed by atoms with Gasteiger partial charge in [0.2, 0.25) is 5.91 Å². The molecule has 1 unspecified atom stereocenters. The number of hydrogen-bond donors (Lipinski definition) is 2. The smallest absolute Gasteiger partial charge is 0.246 e. The maximum Gasteiger partial charge on any atom is 0.246 e. The number of aliphatic hydroxyl groups excluding tert-OH is 1. The number of carbonyl (C=O) groups excluding carboxylic acids is 3. The Kier molecular flexibility index (Phi) is 4.93. The third-order valence-corrected chi connectivity index (χ3v) is 1.00. The lowest BCUT2D eigenvalue weighted by molar-refractivity contribution is -0.126. The van der Waals surface area contributed by atoms with Crippen molar-refractivity contribution in [2.75, 3.05) is 6.61 Å². The van der Waals surface area contributed by atoms with Gasteiger partial charge in [-0.15, -0.1) is 0 Å². The minimum absolute atomic E-state index is 0.0603. The Morgan fingerprint density at radius 3 is 2.55 bits per heavy atom. The van der Waals surface area contributed by atoms with Crippen LogP contribution >= 0.6 is 0 Å². The van der Waals surface area contributed by atoms with Crippen molar-refractivity contribution in [3.8, 4) is 0 Å². The molecule has 0 saturated heterocycles. The Labute approximate surface area is 63.4 Å². The summed E-state index contributed by atoms with van der Waals surface area (Å²) >= 11 is 0. The van der Waals surface area contributed by atoms with Crippen LogP contribution in [0, 0.1) is 0 Å². The van der Waals surface area contributed by atoms with Crippen LogP contribution in [0.1, 0.15) is 6.42 Å². The van der Waals surface area contributed by atoms with E-state index in [9.17, 15) is 14.4 Å². The Hall–Kier alpha value is -1.23. The maximum atomic E-state index is 10.4. The molecule has 0 fully saturated rings. The molecule has 0 aliphatic heterocycles. The van der Waals surface area contributed by atoms with E-state index in [0.717, 1.165) is 0 Å². The Morgan fingerprint density at radius 1 is 1.55 bits per heavy atom. The first-order chi connectivity index (χ1) is 5.24. The molecule has 0 aromatic heterocycles. The van der Waals surface area contributed by atoms with Crippen LogP contribution in [0.2, 0.25) is 0 Å². The lowest BCUT2D eigenvalue weighted by Gasteiger charge is -2.06. The fourth-order valence-corrected chi connectivity index (χ4v) is 0.505. The van der Waals surface area contributed by atoms with Crippen molar-refractivity contribution in [1.29, 1.82) is 0 Å². The van der Waals surface area contributed by atoms with Crippen LogP contribution in [0.25, 0.3) is 0 Å². The number of aldehydes is 2. The molecule has 0 aromatic carbocycles. The zero-order chi connectivity index (χ0) is 8.69. The predicted molar refractivity (Wildman–Crippen MR) is 35.8 cm³/mol. The molecular weight excluding hydrogens is 150 g/mol. The fourth-order valence-electron chi connectivity index (χ4n) is 0.505. The van der Waals surface area contributed by atoms with Gasteiger partial charge in [0, 0.05) is 6.42 Å². The monoisotopic (exact) mass is 159 g/mol. The van der Waals surface area contributed by atoms with E-state index in [2.05, 4.69) is 5.32 Å². The molecule has 0 aliphatic rings. The molecule has 1 atom stereocenters. The number of nitrogens with one attached hydrogen (secondary N) is 1. The van der Waals surface area contributed by atoms with Crippen LogP contribution in [0.15, 0.2) is 0 Å². The number of aliphatic hydroxyl groups is 1. The minimum atomic E-state index is -0.813. The zero-order valence-electron chi connectivity index (χ0n) is 5.82. The molecule has 0 heterocycles. The van der Waals surface area contributed by atoms with Crippen LogP contribution in [0.5, 0.6) is 0 Å². The summed E-state index contributed by atoms with van der Waals surface area (Å²) in [7, 11) is 0. The summed E-state index contributed by atoms with van der Waals surface area (Å²) in [5, 5.41) is 10.4. The van der Waals surface area contributed by atoms with Crippen molar-refractivity contribution in [2.24, 2.45) is 0 Å². The molecule has 0 aromatic rings. The third-order valence-electron chi connectivity index (χ3n) is 1.00. The molecule has 1 amide bonds. The van der Waals surface area contributed by atoms with Crippen molar-refractivity contribution < 1.29 is 19.5 Å². The first kappa shape index (κ1) is 9.77. The molecule has 0 aliphatic carbocycles. The Bertz CT molecular complexity index is 157. The van der Waals surface area contributed by atoms with Crippen molar-refractivity contribution in [3.63, 3.8) is 0 Å². The van der Waals surface area contributed by atoms with E-state index in [4.69, 9.17) is 5.11 Å². The van der Waals surface area contributed by atoms with Gasteiger partial charge >= 0.3 is 0 Å². The average Bonchev–Trinajstić information content (AvgIpc) is 2.03. The SMILES string of the molecule is O=CCC(C=O)NC(=O)CO. The quantitative estimate of drug-likeness (QED) is 0.466. The van der Waals surface area contributed by atoms with Gasteiger partial charge in [-0.25, -0.2) is 0 Å². The Balaban J connectivity index is 3.76. The van der Waals surface area contributed by atoms with E-state index in [1.165, 1.54) is 0 Å². The van der Waals surface area contributed by atoms with Gasteiger partial charge in [0.25, 0.3) is 0 Å². The van der Waals surface area contributed by atoms with Gasteiger partial charge in [-0.3, -0.25) is 4.79 Å². The third kappa shape index (κ3) is 4.21. The largest absolute Gasteiger partial charge is 0.387 e. The van der Waals surface area contributed by atoms with E-state index in [1.807, 2.05) is 0 Å². The highest BCUT2D eigenvalue weighted by molar-refractivity contribution is 5.81. The number of amides is 1. The van der Waals surface area contributed by atoms with Crippen LogP contribution in [0.4, 0.5) is 0 Å². The second-order valence-corrected chi connectivity index (χ2v) is 1.87. The number of carbonyl (C=O) groups is 3. The average molecular weight is 159 g/mol. The van der Waals surface area contributed by atoms with Gasteiger partial charge in [-0.2, -0.15) is 0 Å². The highest BCUT2D eigenvalue weighted by atomic mass is 16.3. The van der Waals surface area contributed by atoms with Crippen molar-refractivity contribution in [3.05, 3.63) is 0 Å². The summed E-state index contributed by atoms with van der Waals surface area (Å²) in [6.07, 6.45) is 0.911. The molecule has 0 bridgehead atoms. The highest BCUT2D eigenvalue weighted by Gasteiger charge is 2.08. The molecule has 2 N–H and O–H groups in total. The number of hydrogen-bond acceptors (Lipinski definition) is 4. The molecular formula is C6H9NO4. The van der Waals surface area contributed by atoms with E-state index < -0.39 is 18.6 Å². The second kappa shape index (κ2) is 5.55. The lowest BCUT2D eigenvalue weighted by Crippen LogP contribution is -2.37. The van der Waals surface area contributed by atoms with Gasteiger partial charge in [0.1, 0.15) is 19.2 Å². The normalized spacial score (nSPS) is 11.7. The summed E-state index contributed by atoms with van der Waals surface area (Å²) in [5.41, 5.74) is 0. The molecule has 5 heteroatoms. The number of rotatable bonds is 5. The summed E-state index contributed by atoms with van der Waals surface area (Å²) < 4.78 is 0. The van der Waals surface area contributed by atoms with Crippen LogP contribution < -0.4 is 5.32 Å². The molecule has 0 spiro atoms. The molecule has 5 nitrogen and oxygen atoms in total. The van der Waals surface area contributed by atoms with Crippen molar-refractivity contribution in [2.45, 2.75) is 12.5 Å². The van der Waals surface area contributed by atoms with Gasteiger partial charge < -0.3 is 20.0 Å². The highest BCUT2D eigenvalue weighted by Crippen LogP contribution is 1.82. The fraction of sp³-hybridized carbons (Fsp3) is 0.500. The van der Waals surface area contributed by atoms with E-state index in [1.54, 1.807) is 0 Å². The maximum absolute atomic E-state index is 10.4. The summed E-state index contributed by atoms with van der Waals surface area (Å²) in [6, 6.07) is -0.813. The molecule has 62 valence electrons. The van der Waals surface area contributed by atoms with Gasteiger partial charge in [0.15, 0.2) is 0 Å². The first-order valence-electron chi connectivity index (χ1n) is 3.03. The van der Waals surface area contributed by atoms with E-state index >= 15 is 0 Å². The van der Waals surface area contributed by atoms with Crippen molar-refractivity contribution in [1.82, 2.24) is 5.32 Å². The molecule has 0 rings (SSSR count). The lowest BCUT2D eigenvalue weighted by atomic mass is 10.2. The summed E-state index contributed by atoms with van der Waals surface area (Å²) in [5.74, 6) is -0.663. The van der Waals surface area contributed by atoms with Crippen molar-refractivity contribution >= 4 is 18.5 Å². The first-order valence-corrected chi connectivity index (χ1v) is 3.03. The zero-order valence-corrected chi connectivity index (χ0v) is 5.82.